The third-order valence-electron chi connectivity index (χ3n) is 3.86. The number of ether oxygens (including phenoxy) is 2. The van der Waals surface area contributed by atoms with E-state index >= 15 is 0 Å². The van der Waals surface area contributed by atoms with Gasteiger partial charge in [0.05, 0.1) is 23.6 Å². The van der Waals surface area contributed by atoms with Gasteiger partial charge in [0.25, 0.3) is 11.4 Å². The second kappa shape index (κ2) is 7.89. The van der Waals surface area contributed by atoms with Gasteiger partial charge in [-0.25, -0.2) is 0 Å². The minimum absolute atomic E-state index is 0.208. The number of hydrogen-bond acceptors (Lipinski definition) is 7. The van der Waals surface area contributed by atoms with Crippen LogP contribution in [0.3, 0.4) is 0 Å². The molecule has 0 saturated carbocycles. The summed E-state index contributed by atoms with van der Waals surface area (Å²) in [4.78, 5) is 12.8. The highest BCUT2D eigenvalue weighted by Crippen LogP contribution is 2.34. The van der Waals surface area contributed by atoms with Crippen molar-refractivity contribution in [3.8, 4) is 23.1 Å². The van der Waals surface area contributed by atoms with Gasteiger partial charge in [-0.15, -0.1) is 18.3 Å². The molecule has 0 saturated heterocycles. The maximum Gasteiger partial charge on any atom is 0.573 e. The molecule has 15 heteroatoms. The van der Waals surface area contributed by atoms with Crippen molar-refractivity contribution in [1.82, 2.24) is 9.78 Å². The van der Waals surface area contributed by atoms with E-state index in [2.05, 4.69) is 14.0 Å². The Morgan fingerprint density at radius 2 is 1.59 bits per heavy atom. The molecule has 0 N–H and O–H groups in total. The van der Waals surface area contributed by atoms with Crippen LogP contribution in [-0.4, -0.2) is 37.2 Å². The van der Waals surface area contributed by atoms with E-state index in [-0.39, 0.29) is 16.8 Å². The first-order valence-corrected chi connectivity index (χ1v) is 9.61. The standard InChI is InChI=1S/C17H10F6N2O6S/c1-29-12-4-2-3-11-13(12)14(31-32(27,28)17(21,22)23)24-25(15(11)26)9-5-7-10(8-6-9)30-16(18,19)20/h2-8H,1H3. The Morgan fingerprint density at radius 3 is 2.12 bits per heavy atom. The van der Waals surface area contributed by atoms with E-state index in [1.807, 2.05) is 0 Å². The lowest BCUT2D eigenvalue weighted by atomic mass is 10.1. The van der Waals surface area contributed by atoms with Crippen LogP contribution < -0.4 is 19.2 Å². The van der Waals surface area contributed by atoms with E-state index in [4.69, 9.17) is 4.74 Å². The number of halogens is 6. The second-order valence-electron chi connectivity index (χ2n) is 5.93. The zero-order valence-corrected chi connectivity index (χ0v) is 16.4. The number of fused-ring (bicyclic) bond motifs is 1. The van der Waals surface area contributed by atoms with E-state index in [0.717, 1.165) is 37.4 Å². The van der Waals surface area contributed by atoms with Crippen molar-refractivity contribution in [3.05, 3.63) is 52.8 Å². The first kappa shape index (κ1) is 23.2. The lowest BCUT2D eigenvalue weighted by Crippen LogP contribution is -2.30. The molecule has 32 heavy (non-hydrogen) atoms. The van der Waals surface area contributed by atoms with Crippen LogP contribution >= 0.6 is 0 Å². The molecular weight excluding hydrogens is 474 g/mol. The van der Waals surface area contributed by atoms with Gasteiger partial charge in [-0.1, -0.05) is 6.07 Å². The monoisotopic (exact) mass is 484 g/mol. The number of nitrogens with zero attached hydrogens (tertiary/aromatic N) is 2. The van der Waals surface area contributed by atoms with Gasteiger partial charge in [0.2, 0.25) is 0 Å². The fraction of sp³-hybridized carbons (Fsp3) is 0.176. The summed E-state index contributed by atoms with van der Waals surface area (Å²) in [5, 5.41) is 2.75. The summed E-state index contributed by atoms with van der Waals surface area (Å²) in [5.41, 5.74) is -6.97. The van der Waals surface area contributed by atoms with Crippen LogP contribution in [0.5, 0.6) is 17.4 Å². The molecule has 3 rings (SSSR count). The van der Waals surface area contributed by atoms with Crippen molar-refractivity contribution in [1.29, 1.82) is 0 Å². The number of rotatable bonds is 5. The molecule has 3 aromatic rings. The zero-order chi connectivity index (χ0) is 23.9. The highest BCUT2D eigenvalue weighted by atomic mass is 32.2. The molecule has 2 aromatic carbocycles. The summed E-state index contributed by atoms with van der Waals surface area (Å²) >= 11 is 0. The smallest absolute Gasteiger partial charge is 0.496 e. The third-order valence-corrected chi connectivity index (χ3v) is 4.80. The van der Waals surface area contributed by atoms with Gasteiger partial charge < -0.3 is 13.7 Å². The molecule has 0 bridgehead atoms. The van der Waals surface area contributed by atoms with E-state index < -0.39 is 44.6 Å². The van der Waals surface area contributed by atoms with Crippen molar-refractivity contribution in [2.75, 3.05) is 7.11 Å². The topological polar surface area (TPSA) is 96.7 Å². The first-order valence-electron chi connectivity index (χ1n) is 8.20. The quantitative estimate of drug-likeness (QED) is 0.311. The summed E-state index contributed by atoms with van der Waals surface area (Å²) < 4.78 is 112. The largest absolute Gasteiger partial charge is 0.573 e. The van der Waals surface area contributed by atoms with E-state index in [1.165, 1.54) is 12.1 Å². The van der Waals surface area contributed by atoms with Crippen LogP contribution in [0.25, 0.3) is 16.5 Å². The van der Waals surface area contributed by atoms with Crippen LogP contribution in [0.4, 0.5) is 26.3 Å². The third kappa shape index (κ3) is 4.56. The summed E-state index contributed by atoms with van der Waals surface area (Å²) in [6.07, 6.45) is -4.98. The maximum atomic E-state index is 12.8. The minimum atomic E-state index is -6.18. The van der Waals surface area contributed by atoms with Crippen LogP contribution in [0.2, 0.25) is 0 Å². The lowest BCUT2D eigenvalue weighted by Gasteiger charge is -2.15. The molecule has 0 aliphatic carbocycles. The summed E-state index contributed by atoms with van der Waals surface area (Å²) in [6.45, 7) is 0. The Labute approximate surface area is 174 Å². The van der Waals surface area contributed by atoms with Crippen LogP contribution in [0.1, 0.15) is 0 Å². The molecule has 172 valence electrons. The van der Waals surface area contributed by atoms with Gasteiger partial charge in [-0.3, -0.25) is 4.79 Å². The van der Waals surface area contributed by atoms with Crippen LogP contribution in [0.15, 0.2) is 47.3 Å². The first-order chi connectivity index (χ1) is 14.7. The van der Waals surface area contributed by atoms with Crippen molar-refractivity contribution in [2.45, 2.75) is 11.9 Å². The van der Waals surface area contributed by atoms with Gasteiger partial charge in [0.1, 0.15) is 11.5 Å². The van der Waals surface area contributed by atoms with Gasteiger partial charge in [-0.2, -0.15) is 26.3 Å². The van der Waals surface area contributed by atoms with Crippen LogP contribution in [0, 0.1) is 0 Å². The molecule has 0 spiro atoms. The van der Waals surface area contributed by atoms with Gasteiger partial charge in [-0.05, 0) is 36.4 Å². The summed E-state index contributed by atoms with van der Waals surface area (Å²) in [6, 6.07) is 7.21. The van der Waals surface area contributed by atoms with Gasteiger partial charge in [0.15, 0.2) is 0 Å². The fourth-order valence-electron chi connectivity index (χ4n) is 2.57. The molecule has 0 amide bonds. The number of methoxy groups -OCH3 is 1. The molecule has 0 atom stereocenters. The van der Waals surface area contributed by atoms with Gasteiger partial charge in [0, 0.05) is 0 Å². The molecule has 0 fully saturated rings. The average Bonchev–Trinajstić information content (AvgIpc) is 2.68. The molecule has 8 nitrogen and oxygen atoms in total. The van der Waals surface area contributed by atoms with E-state index in [1.54, 1.807) is 0 Å². The Balaban J connectivity index is 2.23. The van der Waals surface area contributed by atoms with Gasteiger partial charge >= 0.3 is 22.0 Å². The maximum absolute atomic E-state index is 12.8. The van der Waals surface area contributed by atoms with Crippen molar-refractivity contribution >= 4 is 20.9 Å². The molecule has 0 radical (unpaired) electrons. The Bertz CT molecular complexity index is 1320. The average molecular weight is 484 g/mol. The lowest BCUT2D eigenvalue weighted by molar-refractivity contribution is -0.274. The number of hydrogen-bond donors (Lipinski definition) is 0. The Hall–Kier alpha value is -3.49. The zero-order valence-electron chi connectivity index (χ0n) is 15.6. The molecule has 0 unspecified atom stereocenters. The number of aromatic nitrogens is 2. The normalized spacial score (nSPS) is 12.6. The summed E-state index contributed by atoms with van der Waals surface area (Å²) in [7, 11) is -5.07. The number of benzene rings is 2. The van der Waals surface area contributed by atoms with Crippen LogP contribution in [-0.2, 0) is 10.1 Å². The Kier molecular flexibility index (Phi) is 5.71. The highest BCUT2D eigenvalue weighted by Gasteiger charge is 2.49. The van der Waals surface area contributed by atoms with Crippen molar-refractivity contribution in [3.63, 3.8) is 0 Å². The van der Waals surface area contributed by atoms with E-state index in [0.29, 0.717) is 4.68 Å². The predicted octanol–water partition coefficient (Wildman–Crippen LogP) is 3.52. The molecular formula is C17H10F6N2O6S. The molecule has 1 heterocycles. The summed E-state index contributed by atoms with van der Waals surface area (Å²) in [5.74, 6) is -1.99. The van der Waals surface area contributed by atoms with Crippen molar-refractivity contribution in [2.24, 2.45) is 0 Å². The SMILES string of the molecule is COc1cccc2c(=O)n(-c3ccc(OC(F)(F)F)cc3)nc(OS(=O)(=O)C(F)(F)F)c12. The second-order valence-corrected chi connectivity index (χ2v) is 7.47. The molecule has 0 aliphatic heterocycles. The molecule has 0 aliphatic rings. The van der Waals surface area contributed by atoms with Crippen molar-refractivity contribution < 1.29 is 48.4 Å². The Morgan fingerprint density at radius 1 is 0.969 bits per heavy atom. The predicted molar refractivity (Wildman–Crippen MR) is 96.2 cm³/mol. The van der Waals surface area contributed by atoms with E-state index in [9.17, 15) is 39.6 Å². The minimum Gasteiger partial charge on any atom is -0.496 e. The number of alkyl halides is 6. The fourth-order valence-corrected chi connectivity index (χ4v) is 2.99. The highest BCUT2D eigenvalue weighted by molar-refractivity contribution is 7.88. The molecule has 1 aromatic heterocycles.